The molecule has 0 saturated carbocycles. The molecule has 2 rings (SSSR count). The van der Waals surface area contributed by atoms with E-state index in [0.29, 0.717) is 5.76 Å². The van der Waals surface area contributed by atoms with Crippen molar-refractivity contribution in [1.82, 2.24) is 9.97 Å². The van der Waals surface area contributed by atoms with Gasteiger partial charge in [-0.25, -0.2) is 15.2 Å². The second-order valence-electron chi connectivity index (χ2n) is 3.42. The fourth-order valence-corrected chi connectivity index (χ4v) is 1.35. The third kappa shape index (κ3) is 2.51. The Morgan fingerprint density at radius 1 is 1.53 bits per heavy atom. The third-order valence-electron chi connectivity index (χ3n) is 2.20. The van der Waals surface area contributed by atoms with Gasteiger partial charge in [0, 0.05) is 0 Å². The van der Waals surface area contributed by atoms with Crippen LogP contribution >= 0.6 is 0 Å². The molecule has 0 aliphatic rings. The Morgan fingerprint density at radius 3 is 3.00 bits per heavy atom. The van der Waals surface area contributed by atoms with E-state index in [0.717, 1.165) is 6.20 Å². The van der Waals surface area contributed by atoms with Crippen LogP contribution in [0.1, 0.15) is 18.7 Å². The Balaban J connectivity index is 2.18. The Hall–Kier alpha value is -2.15. The number of furan rings is 1. The van der Waals surface area contributed by atoms with Gasteiger partial charge in [-0.05, 0) is 19.1 Å². The summed E-state index contributed by atoms with van der Waals surface area (Å²) < 4.78 is 18.6. The van der Waals surface area contributed by atoms with Gasteiger partial charge in [-0.15, -0.1) is 0 Å². The Morgan fingerprint density at radius 2 is 2.35 bits per heavy atom. The fourth-order valence-electron chi connectivity index (χ4n) is 1.35. The minimum absolute atomic E-state index is 0.0665. The molecule has 17 heavy (non-hydrogen) atoms. The Bertz CT molecular complexity index is 487. The predicted molar refractivity (Wildman–Crippen MR) is 60.5 cm³/mol. The molecule has 0 aliphatic carbocycles. The summed E-state index contributed by atoms with van der Waals surface area (Å²) in [5.74, 6) is 5.49. The first-order valence-electron chi connectivity index (χ1n) is 5.00. The van der Waals surface area contributed by atoms with Gasteiger partial charge in [0.2, 0.25) is 5.95 Å². The lowest BCUT2D eigenvalue weighted by Crippen LogP contribution is -2.14. The average Bonchev–Trinajstić information content (AvgIpc) is 2.85. The van der Waals surface area contributed by atoms with Gasteiger partial charge in [0.1, 0.15) is 5.76 Å². The molecule has 0 bridgehead atoms. The van der Waals surface area contributed by atoms with Crippen molar-refractivity contribution in [2.75, 3.05) is 10.7 Å². The summed E-state index contributed by atoms with van der Waals surface area (Å²) >= 11 is 0. The van der Waals surface area contributed by atoms with Crippen molar-refractivity contribution < 1.29 is 8.81 Å². The van der Waals surface area contributed by atoms with Crippen LogP contribution in [-0.2, 0) is 0 Å². The van der Waals surface area contributed by atoms with Crippen LogP contribution in [0, 0.1) is 5.82 Å². The molecule has 4 N–H and O–H groups in total. The number of nitrogens with zero attached hydrogens (tertiary/aromatic N) is 2. The van der Waals surface area contributed by atoms with Crippen molar-refractivity contribution in [3.05, 3.63) is 36.2 Å². The van der Waals surface area contributed by atoms with E-state index in [2.05, 4.69) is 20.7 Å². The number of rotatable bonds is 4. The van der Waals surface area contributed by atoms with Crippen LogP contribution in [0.25, 0.3) is 0 Å². The predicted octanol–water partition coefficient (Wildman–Crippen LogP) is 1.67. The van der Waals surface area contributed by atoms with Gasteiger partial charge in [-0.2, -0.15) is 4.98 Å². The molecule has 1 atom stereocenters. The van der Waals surface area contributed by atoms with Crippen LogP contribution in [0.4, 0.5) is 16.2 Å². The fraction of sp³-hybridized carbons (Fsp3) is 0.200. The molecule has 0 spiro atoms. The number of nitrogen functional groups attached to an aromatic ring is 1. The zero-order valence-electron chi connectivity index (χ0n) is 9.14. The molecule has 2 heterocycles. The molecule has 0 radical (unpaired) electrons. The van der Waals surface area contributed by atoms with Crippen molar-refractivity contribution >= 4 is 11.8 Å². The van der Waals surface area contributed by atoms with Crippen LogP contribution in [0.2, 0.25) is 0 Å². The number of aromatic nitrogens is 2. The van der Waals surface area contributed by atoms with E-state index >= 15 is 0 Å². The number of hydrogen-bond donors (Lipinski definition) is 3. The van der Waals surface area contributed by atoms with E-state index in [1.54, 1.807) is 18.4 Å². The molecule has 90 valence electrons. The largest absolute Gasteiger partial charge is 0.467 e. The average molecular weight is 237 g/mol. The lowest BCUT2D eigenvalue weighted by molar-refractivity contribution is 0.488. The van der Waals surface area contributed by atoms with E-state index in [4.69, 9.17) is 10.3 Å². The van der Waals surface area contributed by atoms with Gasteiger partial charge in [-0.3, -0.25) is 5.43 Å². The minimum Gasteiger partial charge on any atom is -0.467 e. The monoisotopic (exact) mass is 237 g/mol. The van der Waals surface area contributed by atoms with Crippen LogP contribution in [0.3, 0.4) is 0 Å². The zero-order chi connectivity index (χ0) is 12.3. The van der Waals surface area contributed by atoms with Crippen molar-refractivity contribution in [3.63, 3.8) is 0 Å². The summed E-state index contributed by atoms with van der Waals surface area (Å²) in [6.07, 6.45) is 2.59. The number of halogens is 1. The highest BCUT2D eigenvalue weighted by Crippen LogP contribution is 2.20. The highest BCUT2D eigenvalue weighted by molar-refractivity contribution is 5.42. The first-order chi connectivity index (χ1) is 8.20. The quantitative estimate of drug-likeness (QED) is 0.553. The van der Waals surface area contributed by atoms with Gasteiger partial charge in [0.15, 0.2) is 11.6 Å². The molecule has 7 heteroatoms. The lowest BCUT2D eigenvalue weighted by Gasteiger charge is -2.12. The van der Waals surface area contributed by atoms with E-state index < -0.39 is 5.82 Å². The summed E-state index contributed by atoms with van der Waals surface area (Å²) in [7, 11) is 0. The van der Waals surface area contributed by atoms with Crippen LogP contribution in [0.15, 0.2) is 29.0 Å². The van der Waals surface area contributed by atoms with E-state index in [1.165, 1.54) is 0 Å². The molecule has 1 unspecified atom stereocenters. The summed E-state index contributed by atoms with van der Waals surface area (Å²) in [6.45, 7) is 1.83. The summed E-state index contributed by atoms with van der Waals surface area (Å²) in [6, 6.07) is 3.34. The van der Waals surface area contributed by atoms with E-state index in [1.807, 2.05) is 6.92 Å². The lowest BCUT2D eigenvalue weighted by atomic mass is 10.2. The molecule has 0 amide bonds. The van der Waals surface area contributed by atoms with Gasteiger partial charge in [0.05, 0.1) is 18.5 Å². The molecule has 0 aromatic carbocycles. The molecular formula is C10H12FN5O. The maximum Gasteiger partial charge on any atom is 0.239 e. The molecule has 0 saturated heterocycles. The second kappa shape index (κ2) is 4.79. The van der Waals surface area contributed by atoms with Crippen LogP contribution in [-0.4, -0.2) is 9.97 Å². The number of hydrogen-bond acceptors (Lipinski definition) is 6. The van der Waals surface area contributed by atoms with Gasteiger partial charge < -0.3 is 9.73 Å². The molecular weight excluding hydrogens is 225 g/mol. The summed E-state index contributed by atoms with van der Waals surface area (Å²) in [5, 5.41) is 2.87. The topological polar surface area (TPSA) is 89.0 Å². The molecule has 0 aliphatic heterocycles. The highest BCUT2D eigenvalue weighted by Gasteiger charge is 2.12. The smallest absolute Gasteiger partial charge is 0.239 e. The van der Waals surface area contributed by atoms with Crippen molar-refractivity contribution in [3.8, 4) is 0 Å². The summed E-state index contributed by atoms with van der Waals surface area (Å²) in [5.41, 5.74) is 2.25. The normalized spacial score (nSPS) is 12.2. The van der Waals surface area contributed by atoms with Crippen molar-refractivity contribution in [1.29, 1.82) is 0 Å². The van der Waals surface area contributed by atoms with Crippen molar-refractivity contribution in [2.45, 2.75) is 13.0 Å². The van der Waals surface area contributed by atoms with E-state index in [-0.39, 0.29) is 17.8 Å². The summed E-state index contributed by atoms with van der Waals surface area (Å²) in [4.78, 5) is 7.51. The zero-order valence-corrected chi connectivity index (χ0v) is 9.14. The number of nitrogens with two attached hydrogens (primary N) is 1. The number of anilines is 2. The Kier molecular flexibility index (Phi) is 3.20. The third-order valence-corrected chi connectivity index (χ3v) is 2.20. The molecule has 2 aromatic heterocycles. The molecule has 2 aromatic rings. The molecule has 6 nitrogen and oxygen atoms in total. The van der Waals surface area contributed by atoms with Crippen LogP contribution in [0.5, 0.6) is 0 Å². The molecule has 0 fully saturated rings. The maximum absolute atomic E-state index is 13.4. The van der Waals surface area contributed by atoms with Crippen LogP contribution < -0.4 is 16.6 Å². The van der Waals surface area contributed by atoms with Gasteiger partial charge in [0.25, 0.3) is 0 Å². The first kappa shape index (κ1) is 11.3. The van der Waals surface area contributed by atoms with E-state index in [9.17, 15) is 4.39 Å². The van der Waals surface area contributed by atoms with Crippen molar-refractivity contribution in [2.24, 2.45) is 5.84 Å². The standard InChI is InChI=1S/C10H12FN5O/c1-6(8-3-2-4-17-8)14-9-7(11)5-13-10(15-9)16-12/h2-6H,12H2,1H3,(H2,13,14,15,16). The Labute approximate surface area is 97.0 Å². The highest BCUT2D eigenvalue weighted by atomic mass is 19.1. The maximum atomic E-state index is 13.4. The van der Waals surface area contributed by atoms with Gasteiger partial charge in [-0.1, -0.05) is 0 Å². The second-order valence-corrected chi connectivity index (χ2v) is 3.42. The van der Waals surface area contributed by atoms with Gasteiger partial charge >= 0.3 is 0 Å². The minimum atomic E-state index is -0.553. The number of nitrogens with one attached hydrogen (secondary N) is 2. The number of hydrazine groups is 1. The first-order valence-corrected chi connectivity index (χ1v) is 5.00. The SMILES string of the molecule is CC(Nc1nc(NN)ncc1F)c1ccco1.